The van der Waals surface area contributed by atoms with E-state index in [2.05, 4.69) is 15.0 Å². The Morgan fingerprint density at radius 1 is 1.35 bits per heavy atom. The van der Waals surface area contributed by atoms with E-state index >= 15 is 0 Å². The highest BCUT2D eigenvalue weighted by Crippen LogP contribution is 2.26. The van der Waals surface area contributed by atoms with Crippen LogP contribution < -0.4 is 5.56 Å². The zero-order valence-electron chi connectivity index (χ0n) is 13.8. The number of aryl methyl sites for hydroxylation is 1. The molecule has 3 aromatic rings. The van der Waals surface area contributed by atoms with E-state index in [1.54, 1.807) is 13.0 Å². The summed E-state index contributed by atoms with van der Waals surface area (Å²) in [5, 5.41) is 0.686. The first-order chi connectivity index (χ1) is 12.4. The van der Waals surface area contributed by atoms with Gasteiger partial charge in [0.05, 0.1) is 18.1 Å². The number of methoxy groups -OCH3 is 1. The average molecular weight is 394 g/mol. The van der Waals surface area contributed by atoms with Crippen LogP contribution in [-0.2, 0) is 10.5 Å². The van der Waals surface area contributed by atoms with E-state index in [9.17, 15) is 14.0 Å². The van der Waals surface area contributed by atoms with Crippen LogP contribution in [-0.4, -0.2) is 28.0 Å². The minimum absolute atomic E-state index is 0.0756. The summed E-state index contributed by atoms with van der Waals surface area (Å²) in [6, 6.07) is 5.59. The Morgan fingerprint density at radius 2 is 2.12 bits per heavy atom. The molecular formula is C17H13ClFN3O3S. The van der Waals surface area contributed by atoms with Crippen molar-refractivity contribution >= 4 is 40.4 Å². The highest BCUT2D eigenvalue weighted by molar-refractivity contribution is 7.98. The van der Waals surface area contributed by atoms with Gasteiger partial charge in [0, 0.05) is 16.5 Å². The molecule has 0 aliphatic rings. The van der Waals surface area contributed by atoms with Crippen molar-refractivity contribution in [2.75, 3.05) is 7.11 Å². The second kappa shape index (κ2) is 7.43. The largest absolute Gasteiger partial charge is 0.465 e. The zero-order chi connectivity index (χ0) is 18.8. The maximum atomic E-state index is 13.1. The van der Waals surface area contributed by atoms with Crippen LogP contribution >= 0.6 is 23.4 Å². The number of halogens is 2. The molecule has 0 fully saturated rings. The smallest absolute Gasteiger partial charge is 0.338 e. The molecule has 0 radical (unpaired) electrons. The minimum atomic E-state index is -0.633. The maximum Gasteiger partial charge on any atom is 0.338 e. The molecule has 0 aliphatic heterocycles. The summed E-state index contributed by atoms with van der Waals surface area (Å²) < 4.78 is 17.8. The van der Waals surface area contributed by atoms with E-state index in [0.29, 0.717) is 27.2 Å². The third-order valence-electron chi connectivity index (χ3n) is 3.57. The van der Waals surface area contributed by atoms with Gasteiger partial charge in [-0.15, -0.1) is 0 Å². The van der Waals surface area contributed by atoms with Crippen LogP contribution in [0.15, 0.2) is 34.2 Å². The number of pyridine rings is 1. The number of carbonyl (C=O) groups is 1. The van der Waals surface area contributed by atoms with Crippen LogP contribution in [0.4, 0.5) is 4.39 Å². The molecule has 9 heteroatoms. The second-order valence-corrected chi connectivity index (χ2v) is 6.77. The number of hydrogen-bond donors (Lipinski definition) is 1. The van der Waals surface area contributed by atoms with Crippen LogP contribution in [0.3, 0.4) is 0 Å². The topological polar surface area (TPSA) is 84.9 Å². The Morgan fingerprint density at radius 3 is 2.81 bits per heavy atom. The molecule has 134 valence electrons. The van der Waals surface area contributed by atoms with Gasteiger partial charge in [0.1, 0.15) is 5.82 Å². The van der Waals surface area contributed by atoms with Gasteiger partial charge >= 0.3 is 5.97 Å². The fraction of sp³-hybridized carbons (Fsp3) is 0.176. The highest BCUT2D eigenvalue weighted by atomic mass is 35.5. The molecule has 0 aliphatic carbocycles. The van der Waals surface area contributed by atoms with Gasteiger partial charge < -0.3 is 9.72 Å². The van der Waals surface area contributed by atoms with Crippen molar-refractivity contribution in [1.29, 1.82) is 0 Å². The summed E-state index contributed by atoms with van der Waals surface area (Å²) in [6.07, 6.45) is 0. The molecule has 2 heterocycles. The highest BCUT2D eigenvalue weighted by Gasteiger charge is 2.17. The van der Waals surface area contributed by atoms with Gasteiger partial charge in [0.25, 0.3) is 5.56 Å². The fourth-order valence-corrected chi connectivity index (χ4v) is 3.54. The number of carbonyl (C=O) groups excluding carboxylic acids is 1. The van der Waals surface area contributed by atoms with Crippen LogP contribution in [0.5, 0.6) is 0 Å². The molecule has 0 saturated heterocycles. The number of benzene rings is 1. The number of esters is 1. The normalized spacial score (nSPS) is 10.9. The van der Waals surface area contributed by atoms with E-state index in [0.717, 1.165) is 0 Å². The number of ether oxygens (including phenoxy) is 1. The van der Waals surface area contributed by atoms with E-state index in [1.807, 2.05) is 0 Å². The first-order valence-corrected chi connectivity index (χ1v) is 8.82. The SMILES string of the molecule is COC(=O)c1cc(C)nc2nc(SCc3ccc(F)cc3Cl)[nH]c(=O)c12. The molecule has 0 atom stereocenters. The van der Waals surface area contributed by atoms with E-state index < -0.39 is 17.3 Å². The van der Waals surface area contributed by atoms with Crippen molar-refractivity contribution in [2.24, 2.45) is 0 Å². The van der Waals surface area contributed by atoms with Crippen molar-refractivity contribution in [3.8, 4) is 0 Å². The van der Waals surface area contributed by atoms with Crippen LogP contribution in [0.2, 0.25) is 5.02 Å². The lowest BCUT2D eigenvalue weighted by atomic mass is 10.1. The molecule has 1 aromatic carbocycles. The van der Waals surface area contributed by atoms with Gasteiger partial charge in [-0.2, -0.15) is 0 Å². The van der Waals surface area contributed by atoms with Crippen LogP contribution in [0.25, 0.3) is 11.0 Å². The Bertz CT molecular complexity index is 1070. The molecule has 0 spiro atoms. The molecule has 0 unspecified atom stereocenters. The molecule has 0 bridgehead atoms. The van der Waals surface area contributed by atoms with Gasteiger partial charge in [-0.05, 0) is 30.7 Å². The summed E-state index contributed by atoms with van der Waals surface area (Å²) in [7, 11) is 1.24. The minimum Gasteiger partial charge on any atom is -0.465 e. The van der Waals surface area contributed by atoms with Crippen LogP contribution in [0.1, 0.15) is 21.6 Å². The van der Waals surface area contributed by atoms with Crippen molar-refractivity contribution < 1.29 is 13.9 Å². The third-order valence-corrected chi connectivity index (χ3v) is 4.84. The molecule has 26 heavy (non-hydrogen) atoms. The Kier molecular flexibility index (Phi) is 5.24. The Labute approximate surface area is 156 Å². The number of rotatable bonds is 4. The number of H-pyrrole nitrogens is 1. The monoisotopic (exact) mass is 393 g/mol. The quantitative estimate of drug-likeness (QED) is 0.415. The lowest BCUT2D eigenvalue weighted by molar-refractivity contribution is 0.0602. The number of hydrogen-bond acceptors (Lipinski definition) is 6. The first-order valence-electron chi connectivity index (χ1n) is 7.45. The van der Waals surface area contributed by atoms with E-state index in [4.69, 9.17) is 16.3 Å². The summed E-state index contributed by atoms with van der Waals surface area (Å²) in [5.74, 6) is -0.675. The molecule has 3 rings (SSSR count). The van der Waals surface area contributed by atoms with Crippen molar-refractivity contribution in [1.82, 2.24) is 15.0 Å². The average Bonchev–Trinajstić information content (AvgIpc) is 2.59. The summed E-state index contributed by atoms with van der Waals surface area (Å²) >= 11 is 7.22. The van der Waals surface area contributed by atoms with Gasteiger partial charge in [-0.3, -0.25) is 4.79 Å². The molecule has 0 saturated carbocycles. The first kappa shape index (κ1) is 18.3. The standard InChI is InChI=1S/C17H13ClFN3O3S/c1-8-5-11(16(24)25-2)13-14(20-8)21-17(22-15(13)23)26-7-9-3-4-10(19)6-12(9)18/h3-6H,7H2,1-2H3,(H,20,21,22,23). The number of aromatic amines is 1. The number of thioether (sulfide) groups is 1. The van der Waals surface area contributed by atoms with Gasteiger partial charge in [-0.1, -0.05) is 29.4 Å². The van der Waals surface area contributed by atoms with Gasteiger partial charge in [-0.25, -0.2) is 19.2 Å². The Hall–Kier alpha value is -2.45. The number of fused-ring (bicyclic) bond motifs is 1. The van der Waals surface area contributed by atoms with E-state index in [-0.39, 0.29) is 16.6 Å². The van der Waals surface area contributed by atoms with Crippen molar-refractivity contribution in [3.63, 3.8) is 0 Å². The third kappa shape index (κ3) is 3.71. The number of nitrogens with zero attached hydrogens (tertiary/aromatic N) is 2. The predicted octanol–water partition coefficient (Wildman–Crippen LogP) is 3.50. The fourth-order valence-electron chi connectivity index (χ4n) is 2.37. The van der Waals surface area contributed by atoms with Crippen molar-refractivity contribution in [3.05, 3.63) is 62.3 Å². The number of nitrogens with one attached hydrogen (secondary N) is 1. The maximum absolute atomic E-state index is 13.1. The van der Waals surface area contributed by atoms with Crippen LogP contribution in [0, 0.1) is 12.7 Å². The summed E-state index contributed by atoms with van der Waals surface area (Å²) in [5.41, 5.74) is 1.01. The molecule has 6 nitrogen and oxygen atoms in total. The zero-order valence-corrected chi connectivity index (χ0v) is 15.4. The van der Waals surface area contributed by atoms with E-state index in [1.165, 1.54) is 37.1 Å². The van der Waals surface area contributed by atoms with Gasteiger partial charge in [0.15, 0.2) is 10.8 Å². The summed E-state index contributed by atoms with van der Waals surface area (Å²) in [6.45, 7) is 1.69. The van der Waals surface area contributed by atoms with Crippen molar-refractivity contribution in [2.45, 2.75) is 17.8 Å². The predicted molar refractivity (Wildman–Crippen MR) is 97.2 cm³/mol. The number of aromatic nitrogens is 3. The lowest BCUT2D eigenvalue weighted by Gasteiger charge is -2.07. The summed E-state index contributed by atoms with van der Waals surface area (Å²) in [4.78, 5) is 35.5. The molecule has 0 amide bonds. The molecule has 2 aromatic heterocycles. The second-order valence-electron chi connectivity index (χ2n) is 5.40. The molecule has 1 N–H and O–H groups in total. The Balaban J connectivity index is 1.98. The van der Waals surface area contributed by atoms with Gasteiger partial charge in [0.2, 0.25) is 0 Å². The lowest BCUT2D eigenvalue weighted by Crippen LogP contribution is -2.16. The molecular weight excluding hydrogens is 381 g/mol.